The summed E-state index contributed by atoms with van der Waals surface area (Å²) in [5.74, 6) is -0.265. The number of rotatable bonds is 4. The average Bonchev–Trinajstić information content (AvgIpc) is 3.09. The first-order chi connectivity index (χ1) is 12.1. The summed E-state index contributed by atoms with van der Waals surface area (Å²) in [6.45, 7) is 15.8. The monoisotopic (exact) mass is 368 g/mol. The predicted octanol–water partition coefficient (Wildman–Crippen LogP) is -2.19. The lowest BCUT2D eigenvalue weighted by atomic mass is 10.5. The molecule has 2 heterocycles. The molecule has 0 spiro atoms. The second kappa shape index (κ2) is 12.1. The Balaban J connectivity index is 0.000000362. The van der Waals surface area contributed by atoms with Crippen LogP contribution in [0, 0.1) is 0 Å². The summed E-state index contributed by atoms with van der Waals surface area (Å²) in [6, 6.07) is 0. The van der Waals surface area contributed by atoms with E-state index in [1.54, 1.807) is 0 Å². The molecule has 0 aromatic heterocycles. The van der Waals surface area contributed by atoms with Gasteiger partial charge in [0.1, 0.15) is 26.2 Å². The summed E-state index contributed by atoms with van der Waals surface area (Å²) in [6.07, 6.45) is 0.769. The van der Waals surface area contributed by atoms with Crippen molar-refractivity contribution in [3.8, 4) is 0 Å². The molecular weight excluding hydrogens is 336 g/mol. The highest BCUT2D eigenvalue weighted by atomic mass is 16.4. The second-order valence-electron chi connectivity index (χ2n) is 6.07. The van der Waals surface area contributed by atoms with Crippen LogP contribution in [-0.4, -0.2) is 95.9 Å². The van der Waals surface area contributed by atoms with E-state index in [1.807, 2.05) is 0 Å². The van der Waals surface area contributed by atoms with Crippen LogP contribution in [0.5, 0.6) is 0 Å². The Morgan fingerprint density at radius 1 is 0.885 bits per heavy atom. The number of amidine groups is 2. The van der Waals surface area contributed by atoms with Gasteiger partial charge in [0.15, 0.2) is 0 Å². The number of carboxylic acids is 2. The van der Waals surface area contributed by atoms with Gasteiger partial charge in [-0.05, 0) is 26.0 Å². The summed E-state index contributed by atoms with van der Waals surface area (Å²) < 4.78 is 4.59. The molecule has 0 saturated heterocycles. The first-order valence-electron chi connectivity index (χ1n) is 8.83. The number of carbonyl (C=O) groups excluding carboxylic acids is 2. The van der Waals surface area contributed by atoms with Crippen LogP contribution in [-0.2, 0) is 9.59 Å². The molecule has 148 valence electrons. The van der Waals surface area contributed by atoms with Gasteiger partial charge in [-0.1, -0.05) is 0 Å². The Morgan fingerprint density at radius 2 is 1.19 bits per heavy atom. The lowest BCUT2D eigenvalue weighted by molar-refractivity contribution is -0.487. The molecule has 0 atom stereocenters. The van der Waals surface area contributed by atoms with Crippen LogP contribution in [0.25, 0.3) is 0 Å². The largest absolute Gasteiger partial charge is 0.545 e. The first kappa shape index (κ1) is 23.6. The molecule has 0 aliphatic carbocycles. The highest BCUT2D eigenvalue weighted by Crippen LogP contribution is 1.98. The summed E-state index contributed by atoms with van der Waals surface area (Å²) >= 11 is 0. The highest BCUT2D eigenvalue weighted by Gasteiger charge is 2.22. The van der Waals surface area contributed by atoms with Gasteiger partial charge in [0.2, 0.25) is 11.7 Å². The van der Waals surface area contributed by atoms with Crippen molar-refractivity contribution >= 4 is 23.6 Å². The molecule has 0 fully saturated rings. The van der Waals surface area contributed by atoms with Crippen LogP contribution in [0.2, 0.25) is 0 Å². The Labute approximate surface area is 156 Å². The molecule has 0 aromatic rings. The van der Waals surface area contributed by atoms with E-state index >= 15 is 0 Å². The van der Waals surface area contributed by atoms with Crippen LogP contribution in [0.3, 0.4) is 0 Å². The van der Waals surface area contributed by atoms with Crippen molar-refractivity contribution in [1.82, 2.24) is 9.80 Å². The van der Waals surface area contributed by atoms with E-state index in [2.05, 4.69) is 60.7 Å². The third kappa shape index (κ3) is 8.64. The second-order valence-corrected chi connectivity index (χ2v) is 6.07. The average molecular weight is 368 g/mol. The molecule has 0 bridgehead atoms. The molecule has 0 amide bonds. The van der Waals surface area contributed by atoms with Gasteiger partial charge in [-0.15, -0.1) is 0 Å². The summed E-state index contributed by atoms with van der Waals surface area (Å²) in [5.41, 5.74) is 0. The maximum atomic E-state index is 9.41. The Hall–Kier alpha value is -2.38. The van der Waals surface area contributed by atoms with Crippen molar-refractivity contribution in [3.05, 3.63) is 12.2 Å². The number of carbonyl (C=O) groups is 2. The Morgan fingerprint density at radius 3 is 1.31 bits per heavy atom. The third-order valence-corrected chi connectivity index (χ3v) is 4.55. The SMILES string of the molecule is CCN1CC[N+](C)=C1C.CCN1CC[N+](C)=C1C.O=C([O-])/C=C\C(=O)[O-]. The molecule has 2 aliphatic heterocycles. The van der Waals surface area contributed by atoms with Crippen molar-refractivity contribution in [2.45, 2.75) is 27.7 Å². The number of aliphatic carboxylic acids is 2. The van der Waals surface area contributed by atoms with Crippen LogP contribution in [0.4, 0.5) is 0 Å². The minimum atomic E-state index is -1.55. The van der Waals surface area contributed by atoms with E-state index in [9.17, 15) is 19.8 Å². The quantitative estimate of drug-likeness (QED) is 0.413. The van der Waals surface area contributed by atoms with E-state index in [-0.39, 0.29) is 0 Å². The number of likely N-dealkylation sites (N-methyl/N-ethyl adjacent to an activating group) is 4. The van der Waals surface area contributed by atoms with Crippen molar-refractivity contribution in [3.63, 3.8) is 0 Å². The zero-order valence-electron chi connectivity index (χ0n) is 16.8. The summed E-state index contributed by atoms with van der Waals surface area (Å²) in [4.78, 5) is 23.6. The minimum Gasteiger partial charge on any atom is -0.545 e. The van der Waals surface area contributed by atoms with E-state index in [0.717, 1.165) is 13.1 Å². The maximum absolute atomic E-state index is 9.41. The molecule has 2 rings (SSSR count). The van der Waals surface area contributed by atoms with Crippen LogP contribution >= 0.6 is 0 Å². The molecule has 0 unspecified atom stereocenters. The van der Waals surface area contributed by atoms with Gasteiger partial charge in [-0.2, -0.15) is 0 Å². The molecule has 0 N–H and O–H groups in total. The Bertz CT molecular complexity index is 532. The fraction of sp³-hybridized carbons (Fsp3) is 0.667. The highest BCUT2D eigenvalue weighted by molar-refractivity contribution is 5.87. The lowest BCUT2D eigenvalue weighted by Crippen LogP contribution is -2.25. The smallest absolute Gasteiger partial charge is 0.243 e. The Kier molecular flexibility index (Phi) is 10.9. The van der Waals surface area contributed by atoms with Gasteiger partial charge in [0.25, 0.3) is 0 Å². The fourth-order valence-corrected chi connectivity index (χ4v) is 2.58. The third-order valence-electron chi connectivity index (χ3n) is 4.55. The molecule has 0 radical (unpaired) electrons. The van der Waals surface area contributed by atoms with Crippen LogP contribution in [0.1, 0.15) is 27.7 Å². The molecule has 26 heavy (non-hydrogen) atoms. The van der Waals surface area contributed by atoms with E-state index in [0.29, 0.717) is 12.2 Å². The van der Waals surface area contributed by atoms with E-state index in [4.69, 9.17) is 0 Å². The van der Waals surface area contributed by atoms with Crippen molar-refractivity contribution in [2.75, 3.05) is 53.4 Å². The fourth-order valence-electron chi connectivity index (χ4n) is 2.58. The van der Waals surface area contributed by atoms with Crippen molar-refractivity contribution in [2.24, 2.45) is 0 Å². The summed E-state index contributed by atoms with van der Waals surface area (Å²) in [7, 11) is 4.29. The number of nitrogens with zero attached hydrogens (tertiary/aromatic N) is 4. The van der Waals surface area contributed by atoms with Crippen molar-refractivity contribution < 1.29 is 29.0 Å². The van der Waals surface area contributed by atoms with Gasteiger partial charge in [-0.25, -0.2) is 0 Å². The van der Waals surface area contributed by atoms with Gasteiger partial charge < -0.3 is 19.8 Å². The zero-order chi connectivity index (χ0) is 20.3. The number of carboxylic acid groups (broad SMARTS) is 2. The molecule has 2 aliphatic rings. The molecule has 0 aromatic carbocycles. The molecule has 8 heteroatoms. The normalized spacial score (nSPS) is 16.5. The maximum Gasteiger partial charge on any atom is 0.243 e. The lowest BCUT2D eigenvalue weighted by Gasteiger charge is -2.04. The van der Waals surface area contributed by atoms with E-state index < -0.39 is 11.9 Å². The topological polar surface area (TPSA) is 92.8 Å². The summed E-state index contributed by atoms with van der Waals surface area (Å²) in [5, 5.41) is 18.8. The first-order valence-corrected chi connectivity index (χ1v) is 8.83. The molecular formula is C18H32N4O4. The van der Waals surface area contributed by atoms with E-state index in [1.165, 1.54) is 37.9 Å². The van der Waals surface area contributed by atoms with Crippen LogP contribution in [0.15, 0.2) is 12.2 Å². The number of hydrogen-bond donors (Lipinski definition) is 0. The standard InChI is InChI=1S/2C7H15N2.C4H4O4/c2*1-4-9-6-5-8(3)7(9)2;5-3(6)1-2-4(7)8/h2*4-6H2,1-3H3;1-2H,(H,5,6)(H,7,8)/q2*+1;/p-2/b;;2-1-. The number of hydrogen-bond acceptors (Lipinski definition) is 6. The van der Waals surface area contributed by atoms with Crippen LogP contribution < -0.4 is 10.2 Å². The van der Waals surface area contributed by atoms with Gasteiger partial charge >= 0.3 is 0 Å². The van der Waals surface area contributed by atoms with Gasteiger partial charge in [-0.3, -0.25) is 19.0 Å². The predicted molar refractivity (Wildman–Crippen MR) is 97.1 cm³/mol. The van der Waals surface area contributed by atoms with Gasteiger partial charge in [0, 0.05) is 13.8 Å². The molecule has 8 nitrogen and oxygen atoms in total. The van der Waals surface area contributed by atoms with Gasteiger partial charge in [0.05, 0.1) is 39.1 Å². The van der Waals surface area contributed by atoms with Crippen molar-refractivity contribution in [1.29, 1.82) is 0 Å². The minimum absolute atomic E-state index is 0.384. The molecule has 0 saturated carbocycles. The zero-order valence-corrected chi connectivity index (χ0v) is 16.8.